The molecule has 1 aromatic carbocycles. The lowest BCUT2D eigenvalue weighted by Gasteiger charge is -2.20. The number of aliphatic hydroxyl groups excluding tert-OH is 1. The van der Waals surface area contributed by atoms with Gasteiger partial charge in [0, 0.05) is 12.4 Å². The number of rotatable bonds is 4. The second-order valence-corrected chi connectivity index (χ2v) is 6.29. The SMILES string of the molecule is CC(C)(C)c1ccc(C(O)CCc2cccnc2)cc1. The lowest BCUT2D eigenvalue weighted by Crippen LogP contribution is -2.11. The number of hydrogen-bond donors (Lipinski definition) is 1. The molecule has 1 unspecified atom stereocenters. The van der Waals surface area contributed by atoms with Gasteiger partial charge in [0.25, 0.3) is 0 Å². The third-order valence-corrected chi connectivity index (χ3v) is 3.59. The Kier molecular flexibility index (Phi) is 4.56. The van der Waals surface area contributed by atoms with Crippen LogP contribution < -0.4 is 0 Å². The Bertz CT molecular complexity index is 526. The predicted octanol–water partition coefficient (Wildman–Crippen LogP) is 4.05. The number of hydrogen-bond acceptors (Lipinski definition) is 2. The summed E-state index contributed by atoms with van der Waals surface area (Å²) in [6.45, 7) is 6.59. The third-order valence-electron chi connectivity index (χ3n) is 3.59. The Balaban J connectivity index is 1.97. The van der Waals surface area contributed by atoms with E-state index < -0.39 is 6.10 Å². The third kappa shape index (κ3) is 3.91. The maximum absolute atomic E-state index is 10.3. The van der Waals surface area contributed by atoms with Crippen LogP contribution in [-0.2, 0) is 11.8 Å². The maximum atomic E-state index is 10.3. The van der Waals surface area contributed by atoms with Gasteiger partial charge in [0.15, 0.2) is 0 Å². The molecule has 0 saturated carbocycles. The molecule has 0 aliphatic rings. The number of aromatic nitrogens is 1. The van der Waals surface area contributed by atoms with Gasteiger partial charge in [-0.2, -0.15) is 0 Å². The largest absolute Gasteiger partial charge is 0.388 e. The number of pyridine rings is 1. The van der Waals surface area contributed by atoms with E-state index in [1.54, 1.807) is 6.20 Å². The van der Waals surface area contributed by atoms with Crippen LogP contribution in [0.1, 0.15) is 50.0 Å². The molecule has 2 rings (SSSR count). The molecule has 0 bridgehead atoms. The van der Waals surface area contributed by atoms with E-state index in [0.29, 0.717) is 0 Å². The fourth-order valence-corrected chi connectivity index (χ4v) is 2.22. The van der Waals surface area contributed by atoms with Gasteiger partial charge in [-0.25, -0.2) is 0 Å². The Labute approximate surface area is 121 Å². The number of nitrogens with zero attached hydrogens (tertiary/aromatic N) is 1. The van der Waals surface area contributed by atoms with Crippen molar-refractivity contribution in [1.29, 1.82) is 0 Å². The van der Waals surface area contributed by atoms with Crippen molar-refractivity contribution in [3.8, 4) is 0 Å². The molecule has 2 aromatic rings. The predicted molar refractivity (Wildman–Crippen MR) is 82.7 cm³/mol. The van der Waals surface area contributed by atoms with Crippen molar-refractivity contribution in [3.63, 3.8) is 0 Å². The van der Waals surface area contributed by atoms with Crippen LogP contribution in [0.4, 0.5) is 0 Å². The first-order chi connectivity index (χ1) is 9.47. The van der Waals surface area contributed by atoms with Crippen molar-refractivity contribution in [3.05, 3.63) is 65.5 Å². The summed E-state index contributed by atoms with van der Waals surface area (Å²) in [6.07, 6.45) is 4.78. The zero-order valence-corrected chi connectivity index (χ0v) is 12.5. The maximum Gasteiger partial charge on any atom is 0.0793 e. The number of aliphatic hydroxyl groups is 1. The summed E-state index contributed by atoms with van der Waals surface area (Å²) in [4.78, 5) is 4.09. The van der Waals surface area contributed by atoms with Crippen LogP contribution in [0.25, 0.3) is 0 Å². The standard InChI is InChI=1S/C18H23NO/c1-18(2,3)16-9-7-15(8-10-16)17(20)11-6-14-5-4-12-19-13-14/h4-5,7-10,12-13,17,20H,6,11H2,1-3H3. The molecule has 2 nitrogen and oxygen atoms in total. The van der Waals surface area contributed by atoms with Gasteiger partial charge >= 0.3 is 0 Å². The highest BCUT2D eigenvalue weighted by molar-refractivity contribution is 5.28. The van der Waals surface area contributed by atoms with Crippen molar-refractivity contribution >= 4 is 0 Å². The molecule has 20 heavy (non-hydrogen) atoms. The van der Waals surface area contributed by atoms with Crippen LogP contribution in [-0.4, -0.2) is 10.1 Å². The van der Waals surface area contributed by atoms with Gasteiger partial charge in [0.05, 0.1) is 6.10 Å². The summed E-state index contributed by atoms with van der Waals surface area (Å²) in [7, 11) is 0. The lowest BCUT2D eigenvalue weighted by molar-refractivity contribution is 0.168. The normalized spacial score (nSPS) is 13.2. The van der Waals surface area contributed by atoms with Crippen LogP contribution in [0.3, 0.4) is 0 Å². The molecule has 0 saturated heterocycles. The van der Waals surface area contributed by atoms with E-state index in [0.717, 1.165) is 24.0 Å². The van der Waals surface area contributed by atoms with E-state index >= 15 is 0 Å². The molecule has 0 aliphatic carbocycles. The molecule has 106 valence electrons. The smallest absolute Gasteiger partial charge is 0.0793 e. The van der Waals surface area contributed by atoms with Crippen LogP contribution >= 0.6 is 0 Å². The van der Waals surface area contributed by atoms with Gasteiger partial charge in [-0.15, -0.1) is 0 Å². The molecular formula is C18H23NO. The van der Waals surface area contributed by atoms with E-state index in [4.69, 9.17) is 0 Å². The molecular weight excluding hydrogens is 246 g/mol. The molecule has 0 radical (unpaired) electrons. The highest BCUT2D eigenvalue weighted by Crippen LogP contribution is 2.25. The average molecular weight is 269 g/mol. The monoisotopic (exact) mass is 269 g/mol. The minimum atomic E-state index is -0.413. The summed E-state index contributed by atoms with van der Waals surface area (Å²) in [6, 6.07) is 12.3. The highest BCUT2D eigenvalue weighted by Gasteiger charge is 2.14. The zero-order chi connectivity index (χ0) is 14.6. The average Bonchev–Trinajstić information content (AvgIpc) is 2.45. The van der Waals surface area contributed by atoms with Gasteiger partial charge in [0.2, 0.25) is 0 Å². The van der Waals surface area contributed by atoms with Gasteiger partial charge in [-0.1, -0.05) is 51.1 Å². The van der Waals surface area contributed by atoms with Gasteiger partial charge in [0.1, 0.15) is 0 Å². The van der Waals surface area contributed by atoms with Gasteiger partial charge in [-0.05, 0) is 41.0 Å². The Morgan fingerprint density at radius 2 is 1.80 bits per heavy atom. The van der Waals surface area contributed by atoms with Gasteiger partial charge < -0.3 is 5.11 Å². The summed E-state index contributed by atoms with van der Waals surface area (Å²) in [5.74, 6) is 0. The summed E-state index contributed by atoms with van der Waals surface area (Å²) in [5.41, 5.74) is 3.60. The van der Waals surface area contributed by atoms with Crippen LogP contribution in [0, 0.1) is 0 Å². The second kappa shape index (κ2) is 6.19. The van der Waals surface area contributed by atoms with Gasteiger partial charge in [-0.3, -0.25) is 4.98 Å². The molecule has 2 heteroatoms. The van der Waals surface area contributed by atoms with E-state index in [9.17, 15) is 5.11 Å². The van der Waals surface area contributed by atoms with Crippen molar-refractivity contribution in [2.24, 2.45) is 0 Å². The highest BCUT2D eigenvalue weighted by atomic mass is 16.3. The summed E-state index contributed by atoms with van der Waals surface area (Å²) in [5, 5.41) is 10.3. The Morgan fingerprint density at radius 1 is 1.10 bits per heavy atom. The first kappa shape index (κ1) is 14.7. The fourth-order valence-electron chi connectivity index (χ4n) is 2.22. The van der Waals surface area contributed by atoms with E-state index in [-0.39, 0.29) is 5.41 Å². The number of benzene rings is 1. The quantitative estimate of drug-likeness (QED) is 0.908. The van der Waals surface area contributed by atoms with Crippen LogP contribution in [0.5, 0.6) is 0 Å². The molecule has 0 fully saturated rings. The van der Waals surface area contributed by atoms with Crippen molar-refractivity contribution in [2.75, 3.05) is 0 Å². The molecule has 1 heterocycles. The minimum absolute atomic E-state index is 0.152. The van der Waals surface area contributed by atoms with Crippen LogP contribution in [0.15, 0.2) is 48.8 Å². The van der Waals surface area contributed by atoms with E-state index in [1.807, 2.05) is 30.5 Å². The fraction of sp³-hybridized carbons (Fsp3) is 0.389. The van der Waals surface area contributed by atoms with Crippen molar-refractivity contribution < 1.29 is 5.11 Å². The second-order valence-electron chi connectivity index (χ2n) is 6.29. The first-order valence-corrected chi connectivity index (χ1v) is 7.14. The van der Waals surface area contributed by atoms with Crippen molar-refractivity contribution in [2.45, 2.75) is 45.1 Å². The molecule has 1 N–H and O–H groups in total. The van der Waals surface area contributed by atoms with E-state index in [2.05, 4.69) is 37.9 Å². The lowest BCUT2D eigenvalue weighted by atomic mass is 9.86. The molecule has 1 aromatic heterocycles. The summed E-state index contributed by atoms with van der Waals surface area (Å²) < 4.78 is 0. The molecule has 1 atom stereocenters. The zero-order valence-electron chi connectivity index (χ0n) is 12.5. The van der Waals surface area contributed by atoms with Crippen molar-refractivity contribution in [1.82, 2.24) is 4.98 Å². The Hall–Kier alpha value is -1.67. The Morgan fingerprint density at radius 3 is 2.35 bits per heavy atom. The topological polar surface area (TPSA) is 33.1 Å². The molecule has 0 amide bonds. The van der Waals surface area contributed by atoms with Crippen LogP contribution in [0.2, 0.25) is 0 Å². The molecule has 0 aliphatic heterocycles. The summed E-state index contributed by atoms with van der Waals surface area (Å²) >= 11 is 0. The van der Waals surface area contributed by atoms with E-state index in [1.165, 1.54) is 5.56 Å². The number of aryl methyl sites for hydroxylation is 1. The minimum Gasteiger partial charge on any atom is -0.388 e. The molecule has 0 spiro atoms. The first-order valence-electron chi connectivity index (χ1n) is 7.14.